The summed E-state index contributed by atoms with van der Waals surface area (Å²) in [6.45, 7) is 2.23. The third-order valence-electron chi connectivity index (χ3n) is 3.83. The second-order valence-electron chi connectivity index (χ2n) is 5.78. The van der Waals surface area contributed by atoms with Gasteiger partial charge in [0.05, 0.1) is 0 Å². The highest BCUT2D eigenvalue weighted by Gasteiger charge is 2.05. The Hall–Kier alpha value is -2.15. The molecule has 0 aromatic heterocycles. The van der Waals surface area contributed by atoms with Crippen molar-refractivity contribution in [2.75, 3.05) is 0 Å². The molecule has 0 aliphatic carbocycles. The van der Waals surface area contributed by atoms with Gasteiger partial charge < -0.3 is 0 Å². The standard InChI is InChI=1S/C21H24O/c1-18(16-17-19-11-4-2-5-12-19)10-8-9-15-21(22)20-13-6-3-7-14-20/h2-7,11-14,16-18H,8-10,15H2,1H3/b17-16+. The predicted molar refractivity (Wildman–Crippen MR) is 93.9 cm³/mol. The van der Waals surface area contributed by atoms with Crippen molar-refractivity contribution in [1.29, 1.82) is 0 Å². The quantitative estimate of drug-likeness (QED) is 0.445. The number of carbonyl (C=O) groups is 1. The number of ketones is 1. The summed E-state index contributed by atoms with van der Waals surface area (Å²) in [5.74, 6) is 0.806. The Morgan fingerprint density at radius 1 is 0.955 bits per heavy atom. The van der Waals surface area contributed by atoms with E-state index in [-0.39, 0.29) is 5.78 Å². The lowest BCUT2D eigenvalue weighted by atomic mass is 9.99. The Morgan fingerprint density at radius 2 is 1.59 bits per heavy atom. The molecule has 0 fully saturated rings. The molecule has 0 radical (unpaired) electrons. The maximum absolute atomic E-state index is 12.0. The van der Waals surface area contributed by atoms with Gasteiger partial charge in [-0.2, -0.15) is 0 Å². The van der Waals surface area contributed by atoms with Crippen molar-refractivity contribution >= 4 is 11.9 Å². The normalized spacial score (nSPS) is 12.4. The molecule has 0 saturated heterocycles. The van der Waals surface area contributed by atoms with Crippen LogP contribution in [0.15, 0.2) is 66.7 Å². The fourth-order valence-corrected chi connectivity index (χ4v) is 2.46. The Kier molecular flexibility index (Phi) is 6.63. The molecule has 2 aromatic carbocycles. The van der Waals surface area contributed by atoms with Gasteiger partial charge in [-0.25, -0.2) is 0 Å². The van der Waals surface area contributed by atoms with Crippen molar-refractivity contribution < 1.29 is 4.79 Å². The van der Waals surface area contributed by atoms with Crippen LogP contribution in [0.3, 0.4) is 0 Å². The summed E-state index contributed by atoms with van der Waals surface area (Å²) >= 11 is 0. The molecule has 22 heavy (non-hydrogen) atoms. The van der Waals surface area contributed by atoms with Crippen LogP contribution >= 0.6 is 0 Å². The lowest BCUT2D eigenvalue weighted by Gasteiger charge is -2.06. The van der Waals surface area contributed by atoms with E-state index in [1.165, 1.54) is 5.56 Å². The minimum atomic E-state index is 0.257. The van der Waals surface area contributed by atoms with Crippen molar-refractivity contribution in [3.63, 3.8) is 0 Å². The number of hydrogen-bond donors (Lipinski definition) is 0. The van der Waals surface area contributed by atoms with Gasteiger partial charge in [-0.1, -0.05) is 86.2 Å². The van der Waals surface area contributed by atoms with Crippen LogP contribution < -0.4 is 0 Å². The number of rotatable bonds is 8. The number of unbranched alkanes of at least 4 members (excludes halogenated alkanes) is 1. The second kappa shape index (κ2) is 8.99. The first kappa shape index (κ1) is 16.2. The van der Waals surface area contributed by atoms with Crippen LogP contribution in [0.4, 0.5) is 0 Å². The number of hydrogen-bond acceptors (Lipinski definition) is 1. The average molecular weight is 292 g/mol. The van der Waals surface area contributed by atoms with Crippen molar-refractivity contribution in [2.45, 2.75) is 32.6 Å². The highest BCUT2D eigenvalue weighted by Crippen LogP contribution is 2.14. The number of carbonyl (C=O) groups excluding carboxylic acids is 1. The molecule has 0 bridgehead atoms. The summed E-state index contributed by atoms with van der Waals surface area (Å²) < 4.78 is 0. The molecule has 0 heterocycles. The molecule has 0 saturated carbocycles. The number of Topliss-reactive ketones (excluding diaryl/α,β-unsaturated/α-hetero) is 1. The molecule has 1 nitrogen and oxygen atoms in total. The Bertz CT molecular complexity index is 584. The van der Waals surface area contributed by atoms with Crippen LogP contribution in [0.5, 0.6) is 0 Å². The maximum atomic E-state index is 12.0. The van der Waals surface area contributed by atoms with Crippen LogP contribution in [-0.4, -0.2) is 5.78 Å². The minimum Gasteiger partial charge on any atom is -0.294 e. The van der Waals surface area contributed by atoms with E-state index in [1.807, 2.05) is 36.4 Å². The van der Waals surface area contributed by atoms with Crippen molar-refractivity contribution in [3.05, 3.63) is 77.9 Å². The zero-order chi connectivity index (χ0) is 15.6. The molecule has 1 unspecified atom stereocenters. The zero-order valence-electron chi connectivity index (χ0n) is 13.2. The Morgan fingerprint density at radius 3 is 2.27 bits per heavy atom. The topological polar surface area (TPSA) is 17.1 Å². The largest absolute Gasteiger partial charge is 0.294 e. The summed E-state index contributed by atoms with van der Waals surface area (Å²) in [6, 6.07) is 19.9. The number of allylic oxidation sites excluding steroid dienone is 1. The summed E-state index contributed by atoms with van der Waals surface area (Å²) in [7, 11) is 0. The summed E-state index contributed by atoms with van der Waals surface area (Å²) in [5.41, 5.74) is 2.08. The van der Waals surface area contributed by atoms with Crippen LogP contribution in [0.1, 0.15) is 48.5 Å². The third kappa shape index (κ3) is 5.69. The van der Waals surface area contributed by atoms with Gasteiger partial charge in [-0.3, -0.25) is 4.79 Å². The molecule has 1 heteroatoms. The highest BCUT2D eigenvalue weighted by molar-refractivity contribution is 5.95. The van der Waals surface area contributed by atoms with Crippen molar-refractivity contribution in [3.8, 4) is 0 Å². The van der Waals surface area contributed by atoms with Gasteiger partial charge in [0.25, 0.3) is 0 Å². The van der Waals surface area contributed by atoms with E-state index in [2.05, 4.69) is 43.3 Å². The van der Waals surface area contributed by atoms with E-state index >= 15 is 0 Å². The average Bonchev–Trinajstić information content (AvgIpc) is 2.58. The van der Waals surface area contributed by atoms with E-state index in [1.54, 1.807) is 0 Å². The van der Waals surface area contributed by atoms with Crippen LogP contribution in [-0.2, 0) is 0 Å². The summed E-state index contributed by atoms with van der Waals surface area (Å²) in [4.78, 5) is 12.0. The van der Waals surface area contributed by atoms with E-state index in [9.17, 15) is 4.79 Å². The first-order valence-electron chi connectivity index (χ1n) is 8.07. The van der Waals surface area contributed by atoms with Gasteiger partial charge in [0.2, 0.25) is 0 Å². The van der Waals surface area contributed by atoms with Crippen LogP contribution in [0, 0.1) is 5.92 Å². The first-order chi connectivity index (χ1) is 10.8. The van der Waals surface area contributed by atoms with Gasteiger partial charge in [-0.05, 0) is 24.3 Å². The smallest absolute Gasteiger partial charge is 0.162 e. The lowest BCUT2D eigenvalue weighted by Crippen LogP contribution is -1.99. The lowest BCUT2D eigenvalue weighted by molar-refractivity contribution is 0.0979. The fraction of sp³-hybridized carbons (Fsp3) is 0.286. The van der Waals surface area contributed by atoms with E-state index in [4.69, 9.17) is 0 Å². The molecule has 1 atom stereocenters. The van der Waals surface area contributed by atoms with E-state index < -0.39 is 0 Å². The summed E-state index contributed by atoms with van der Waals surface area (Å²) in [6.07, 6.45) is 8.29. The van der Waals surface area contributed by atoms with Crippen LogP contribution in [0.2, 0.25) is 0 Å². The molecule has 2 rings (SSSR count). The molecule has 0 amide bonds. The molecule has 114 valence electrons. The molecule has 0 spiro atoms. The third-order valence-corrected chi connectivity index (χ3v) is 3.83. The molecular weight excluding hydrogens is 268 g/mol. The fourth-order valence-electron chi connectivity index (χ4n) is 2.46. The SMILES string of the molecule is CC(/C=C/c1ccccc1)CCCCC(=O)c1ccccc1. The predicted octanol–water partition coefficient (Wildman–Crippen LogP) is 5.78. The second-order valence-corrected chi connectivity index (χ2v) is 5.78. The monoisotopic (exact) mass is 292 g/mol. The number of benzene rings is 2. The Labute approximate surface area is 133 Å². The zero-order valence-corrected chi connectivity index (χ0v) is 13.2. The maximum Gasteiger partial charge on any atom is 0.162 e. The van der Waals surface area contributed by atoms with Gasteiger partial charge in [-0.15, -0.1) is 0 Å². The molecule has 0 N–H and O–H groups in total. The molecule has 0 aliphatic heterocycles. The molecule has 0 aliphatic rings. The Balaban J connectivity index is 1.66. The first-order valence-corrected chi connectivity index (χ1v) is 8.07. The highest BCUT2D eigenvalue weighted by atomic mass is 16.1. The summed E-state index contributed by atoms with van der Waals surface area (Å²) in [5, 5.41) is 0. The minimum absolute atomic E-state index is 0.257. The molecule has 2 aromatic rings. The van der Waals surface area contributed by atoms with Gasteiger partial charge in [0, 0.05) is 12.0 Å². The van der Waals surface area contributed by atoms with Gasteiger partial charge in [0.15, 0.2) is 5.78 Å². The van der Waals surface area contributed by atoms with Gasteiger partial charge >= 0.3 is 0 Å². The van der Waals surface area contributed by atoms with E-state index in [0.29, 0.717) is 12.3 Å². The molecular formula is C21H24O. The van der Waals surface area contributed by atoms with Crippen molar-refractivity contribution in [2.24, 2.45) is 5.92 Å². The van der Waals surface area contributed by atoms with Crippen molar-refractivity contribution in [1.82, 2.24) is 0 Å². The van der Waals surface area contributed by atoms with E-state index in [0.717, 1.165) is 24.8 Å². The van der Waals surface area contributed by atoms with Crippen LogP contribution in [0.25, 0.3) is 6.08 Å². The van der Waals surface area contributed by atoms with Gasteiger partial charge in [0.1, 0.15) is 0 Å².